The van der Waals surface area contributed by atoms with Gasteiger partial charge in [-0.15, -0.1) is 0 Å². The summed E-state index contributed by atoms with van der Waals surface area (Å²) in [5.41, 5.74) is 15.0. The molecule has 66 heavy (non-hydrogen) atoms. The molecule has 0 unspecified atom stereocenters. The summed E-state index contributed by atoms with van der Waals surface area (Å²) in [6, 6.07) is 85.4. The minimum absolute atomic E-state index is 0.622. The molecule has 4 nitrogen and oxygen atoms in total. The van der Waals surface area contributed by atoms with Crippen LogP contribution in [-0.4, -0.2) is 19.9 Å². The number of fused-ring (bicyclic) bond motifs is 5. The third kappa shape index (κ3) is 7.47. The average Bonchev–Trinajstić information content (AvgIpc) is 3.41. The van der Waals surface area contributed by atoms with Crippen molar-refractivity contribution >= 4 is 32.4 Å². The summed E-state index contributed by atoms with van der Waals surface area (Å²) < 4.78 is 0. The molecule has 308 valence electrons. The zero-order valence-corrected chi connectivity index (χ0v) is 35.9. The van der Waals surface area contributed by atoms with Crippen molar-refractivity contribution in [3.63, 3.8) is 0 Å². The number of rotatable bonds is 8. The van der Waals surface area contributed by atoms with Gasteiger partial charge >= 0.3 is 0 Å². The molecule has 10 aromatic carbocycles. The number of aromatic nitrogens is 4. The molecule has 0 amide bonds. The van der Waals surface area contributed by atoms with Crippen molar-refractivity contribution in [1.29, 1.82) is 0 Å². The molecule has 0 fully saturated rings. The molecule has 12 aromatic rings. The summed E-state index contributed by atoms with van der Waals surface area (Å²) in [5.74, 6) is 1.88. The van der Waals surface area contributed by atoms with Gasteiger partial charge in [0.1, 0.15) is 0 Å². The van der Waals surface area contributed by atoms with Crippen LogP contribution in [0.15, 0.2) is 243 Å². The van der Waals surface area contributed by atoms with Crippen LogP contribution >= 0.6 is 0 Å². The third-order valence-corrected chi connectivity index (χ3v) is 12.6. The summed E-state index contributed by atoms with van der Waals surface area (Å²) >= 11 is 0. The van der Waals surface area contributed by atoms with Crippen molar-refractivity contribution in [1.82, 2.24) is 19.9 Å². The summed E-state index contributed by atoms with van der Waals surface area (Å²) in [4.78, 5) is 20.4. The molecule has 2 aromatic heterocycles. The molecule has 0 saturated heterocycles. The Hall–Kier alpha value is -8.86. The molecule has 0 N–H and O–H groups in total. The Morgan fingerprint density at radius 2 is 0.576 bits per heavy atom. The van der Waals surface area contributed by atoms with Gasteiger partial charge in [-0.25, -0.2) is 19.9 Å². The molecule has 0 aliphatic rings. The highest BCUT2D eigenvalue weighted by Gasteiger charge is 2.15. The lowest BCUT2D eigenvalue weighted by atomic mass is 9.97. The molecule has 0 aliphatic carbocycles. The number of hydrogen-bond donors (Lipinski definition) is 0. The van der Waals surface area contributed by atoms with E-state index in [0.717, 1.165) is 72.2 Å². The fraction of sp³-hybridized carbons (Fsp3) is 0. The molecule has 0 radical (unpaired) electrons. The number of hydrogen-bond acceptors (Lipinski definition) is 4. The highest BCUT2D eigenvalue weighted by atomic mass is 15.0. The first kappa shape index (κ1) is 38.8. The van der Waals surface area contributed by atoms with E-state index in [2.05, 4.69) is 231 Å². The van der Waals surface area contributed by atoms with E-state index in [1.165, 1.54) is 32.7 Å². The van der Waals surface area contributed by atoms with Crippen molar-refractivity contribution in [2.24, 2.45) is 0 Å². The minimum Gasteiger partial charge on any atom is -0.247 e. The van der Waals surface area contributed by atoms with Crippen LogP contribution in [0.25, 0.3) is 122 Å². The summed E-state index contributed by atoms with van der Waals surface area (Å²) in [6.07, 6.45) is 0. The Bertz CT molecular complexity index is 3600. The first-order chi connectivity index (χ1) is 32.7. The highest BCUT2D eigenvalue weighted by Crippen LogP contribution is 2.35. The van der Waals surface area contributed by atoms with Crippen molar-refractivity contribution in [3.05, 3.63) is 243 Å². The van der Waals surface area contributed by atoms with E-state index in [9.17, 15) is 0 Å². The van der Waals surface area contributed by atoms with Gasteiger partial charge in [-0.3, -0.25) is 0 Å². The van der Waals surface area contributed by atoms with Crippen LogP contribution in [0.3, 0.4) is 0 Å². The maximum Gasteiger partial charge on any atom is 0.164 e. The Balaban J connectivity index is 0.835. The van der Waals surface area contributed by atoms with E-state index in [0.29, 0.717) is 17.5 Å². The Labute approximate surface area is 383 Å². The molecule has 0 aliphatic heterocycles. The van der Waals surface area contributed by atoms with E-state index >= 15 is 0 Å². The normalized spacial score (nSPS) is 11.3. The van der Waals surface area contributed by atoms with E-state index in [1.807, 2.05) is 12.1 Å². The van der Waals surface area contributed by atoms with Crippen LogP contribution in [0.5, 0.6) is 0 Å². The van der Waals surface area contributed by atoms with E-state index in [1.54, 1.807) is 0 Å². The highest BCUT2D eigenvalue weighted by molar-refractivity contribution is 6.16. The fourth-order valence-electron chi connectivity index (χ4n) is 9.01. The monoisotopic (exact) mass is 840 g/mol. The van der Waals surface area contributed by atoms with Crippen LogP contribution in [0.2, 0.25) is 0 Å². The Morgan fingerprint density at radius 1 is 0.197 bits per heavy atom. The van der Waals surface area contributed by atoms with Gasteiger partial charge in [-0.05, 0) is 72.8 Å². The van der Waals surface area contributed by atoms with Crippen LogP contribution in [0.4, 0.5) is 0 Å². The average molecular weight is 841 g/mol. The van der Waals surface area contributed by atoms with Crippen molar-refractivity contribution in [2.45, 2.75) is 0 Å². The minimum atomic E-state index is 0.622. The predicted molar refractivity (Wildman–Crippen MR) is 274 cm³/mol. The van der Waals surface area contributed by atoms with E-state index in [4.69, 9.17) is 19.9 Å². The fourth-order valence-corrected chi connectivity index (χ4v) is 9.01. The van der Waals surface area contributed by atoms with E-state index in [-0.39, 0.29) is 0 Å². The lowest BCUT2D eigenvalue weighted by molar-refractivity contribution is 1.07. The number of benzene rings is 10. The lowest BCUT2D eigenvalue weighted by Crippen LogP contribution is -2.00. The zero-order chi connectivity index (χ0) is 43.8. The molecule has 4 heteroatoms. The first-order valence-corrected chi connectivity index (χ1v) is 22.3. The second-order valence-electron chi connectivity index (χ2n) is 16.6. The largest absolute Gasteiger partial charge is 0.247 e. The first-order valence-electron chi connectivity index (χ1n) is 22.3. The van der Waals surface area contributed by atoms with Crippen molar-refractivity contribution < 1.29 is 0 Å². The van der Waals surface area contributed by atoms with Gasteiger partial charge in [0.05, 0.1) is 11.2 Å². The summed E-state index contributed by atoms with van der Waals surface area (Å²) in [7, 11) is 0. The Morgan fingerprint density at radius 3 is 1.11 bits per heavy atom. The molecule has 0 bridgehead atoms. The second kappa shape index (κ2) is 16.7. The smallest absolute Gasteiger partial charge is 0.164 e. The Kier molecular flexibility index (Phi) is 9.81. The standard InChI is InChI=1S/C62H40N4/c1-3-10-41(11-4-1)43-20-28-50(29-21-43)60-64-61(51-30-22-44(23-31-51)42-12-5-2-6-13-42)66-62(65-60)52-32-24-46(25-33-52)54-16-9-15-53(40-54)45-18-26-48(27-19-45)58-39-36-49-35-37-56-55-17-8-7-14-47(55)34-38-57(56)59(49)63-58/h1-40H. The van der Waals surface area contributed by atoms with Crippen LogP contribution in [0, 0.1) is 0 Å². The molecule has 0 saturated carbocycles. The van der Waals surface area contributed by atoms with Crippen LogP contribution in [-0.2, 0) is 0 Å². The maximum absolute atomic E-state index is 5.22. The van der Waals surface area contributed by atoms with Gasteiger partial charge in [0.25, 0.3) is 0 Å². The van der Waals surface area contributed by atoms with Gasteiger partial charge in [0, 0.05) is 33.0 Å². The SMILES string of the molecule is c1ccc(-c2ccc(-c3nc(-c4ccc(-c5ccccc5)cc4)nc(-c4ccc(-c5cccc(-c6ccc(-c7ccc8ccc9c%10ccccc%10ccc9c8n7)cc6)c5)cc4)n3)cc2)cc1. The van der Waals surface area contributed by atoms with Gasteiger partial charge < -0.3 is 0 Å². The molecule has 12 rings (SSSR count). The molecular weight excluding hydrogens is 801 g/mol. The lowest BCUT2D eigenvalue weighted by Gasteiger charge is -2.11. The van der Waals surface area contributed by atoms with Gasteiger partial charge in [0.2, 0.25) is 0 Å². The van der Waals surface area contributed by atoms with Crippen molar-refractivity contribution in [2.75, 3.05) is 0 Å². The van der Waals surface area contributed by atoms with Crippen LogP contribution < -0.4 is 0 Å². The van der Waals surface area contributed by atoms with Gasteiger partial charge in [-0.2, -0.15) is 0 Å². The third-order valence-electron chi connectivity index (χ3n) is 12.6. The quantitative estimate of drug-likeness (QED) is 0.143. The van der Waals surface area contributed by atoms with Gasteiger partial charge in [0.15, 0.2) is 17.5 Å². The summed E-state index contributed by atoms with van der Waals surface area (Å²) in [5, 5.41) is 6.03. The van der Waals surface area contributed by atoms with Crippen molar-refractivity contribution in [3.8, 4) is 89.9 Å². The van der Waals surface area contributed by atoms with Gasteiger partial charge in [-0.1, -0.05) is 231 Å². The number of nitrogens with zero attached hydrogens (tertiary/aromatic N) is 4. The second-order valence-corrected chi connectivity index (χ2v) is 16.6. The molecule has 0 atom stereocenters. The van der Waals surface area contributed by atoms with Crippen LogP contribution in [0.1, 0.15) is 0 Å². The molecular formula is C62H40N4. The predicted octanol–water partition coefficient (Wildman–Crippen LogP) is 16.1. The summed E-state index contributed by atoms with van der Waals surface area (Å²) in [6.45, 7) is 0. The zero-order valence-electron chi connectivity index (χ0n) is 35.9. The molecule has 0 spiro atoms. The number of pyridine rings is 1. The topological polar surface area (TPSA) is 51.6 Å². The van der Waals surface area contributed by atoms with E-state index < -0.39 is 0 Å². The molecule has 2 heterocycles. The maximum atomic E-state index is 5.22.